The van der Waals surface area contributed by atoms with Crippen molar-refractivity contribution in [1.29, 1.82) is 0 Å². The average Bonchev–Trinajstić information content (AvgIpc) is 2.82. The summed E-state index contributed by atoms with van der Waals surface area (Å²) < 4.78 is 14.9. The lowest BCUT2D eigenvalue weighted by Crippen LogP contribution is -2.03. The number of aryl methyl sites for hydroxylation is 2. The Morgan fingerprint density at radius 2 is 2.12 bits per heavy atom. The monoisotopic (exact) mass is 361 g/mol. The molecule has 2 aromatic heterocycles. The van der Waals surface area contributed by atoms with Gasteiger partial charge in [-0.25, -0.2) is 4.39 Å². The number of hydrogen-bond acceptors (Lipinski definition) is 5. The average molecular weight is 362 g/mol. The van der Waals surface area contributed by atoms with E-state index in [0.29, 0.717) is 22.6 Å². The SMILES string of the molecule is Cc1nn(C)c(Nc2cnccc2[N+](=O)[O-])c1-c1ccc(F)cc1Cl. The van der Waals surface area contributed by atoms with Crippen molar-refractivity contribution in [3.05, 3.63) is 63.3 Å². The van der Waals surface area contributed by atoms with Gasteiger partial charge < -0.3 is 5.32 Å². The summed E-state index contributed by atoms with van der Waals surface area (Å²) in [5.74, 6) is 0.0369. The molecule has 0 aliphatic carbocycles. The van der Waals surface area contributed by atoms with E-state index in [1.807, 2.05) is 0 Å². The van der Waals surface area contributed by atoms with Crippen LogP contribution in [0.5, 0.6) is 0 Å². The zero-order chi connectivity index (χ0) is 18.1. The Morgan fingerprint density at radius 3 is 2.80 bits per heavy atom. The molecule has 0 radical (unpaired) electrons. The van der Waals surface area contributed by atoms with E-state index in [-0.39, 0.29) is 16.4 Å². The van der Waals surface area contributed by atoms with E-state index in [0.717, 1.165) is 0 Å². The van der Waals surface area contributed by atoms with Gasteiger partial charge in [0.1, 0.15) is 17.3 Å². The van der Waals surface area contributed by atoms with Gasteiger partial charge in [0, 0.05) is 30.4 Å². The van der Waals surface area contributed by atoms with Crippen molar-refractivity contribution in [3.63, 3.8) is 0 Å². The Kier molecular flexibility index (Phi) is 4.37. The fraction of sp³-hybridized carbons (Fsp3) is 0.125. The molecule has 0 saturated heterocycles. The van der Waals surface area contributed by atoms with Crippen LogP contribution in [0.25, 0.3) is 11.1 Å². The molecule has 1 aromatic carbocycles. The van der Waals surface area contributed by atoms with Gasteiger partial charge in [-0.15, -0.1) is 0 Å². The van der Waals surface area contributed by atoms with Crippen molar-refractivity contribution < 1.29 is 9.31 Å². The summed E-state index contributed by atoms with van der Waals surface area (Å²) in [6.07, 6.45) is 2.70. The number of nitro groups is 1. The van der Waals surface area contributed by atoms with Gasteiger partial charge in [0.25, 0.3) is 5.69 Å². The zero-order valence-corrected chi connectivity index (χ0v) is 14.1. The maximum atomic E-state index is 13.4. The Morgan fingerprint density at radius 1 is 1.36 bits per heavy atom. The molecule has 7 nitrogen and oxygen atoms in total. The topological polar surface area (TPSA) is 85.9 Å². The Hall–Kier alpha value is -3.00. The maximum absolute atomic E-state index is 13.4. The molecule has 3 aromatic rings. The summed E-state index contributed by atoms with van der Waals surface area (Å²) in [6.45, 7) is 1.78. The Bertz CT molecular complexity index is 973. The predicted octanol–water partition coefficient (Wildman–Crippen LogP) is 4.23. The first-order chi connectivity index (χ1) is 11.9. The van der Waals surface area contributed by atoms with Crippen LogP contribution in [0.3, 0.4) is 0 Å². The van der Waals surface area contributed by atoms with Crippen molar-refractivity contribution >= 4 is 28.8 Å². The highest BCUT2D eigenvalue weighted by Crippen LogP contribution is 2.38. The molecule has 128 valence electrons. The standard InChI is InChI=1S/C16H13ClFN5O2/c1-9-15(11-4-3-10(18)7-12(11)17)16(22(2)21-9)20-13-8-19-6-5-14(13)23(24)25/h3-8,20H,1-2H3. The normalized spacial score (nSPS) is 10.7. The molecule has 0 aliphatic heterocycles. The summed E-state index contributed by atoms with van der Waals surface area (Å²) in [6, 6.07) is 5.35. The second-order valence-electron chi connectivity index (χ2n) is 5.33. The summed E-state index contributed by atoms with van der Waals surface area (Å²) >= 11 is 6.18. The van der Waals surface area contributed by atoms with Crippen LogP contribution in [0, 0.1) is 22.9 Å². The molecule has 0 bridgehead atoms. The van der Waals surface area contributed by atoms with Crippen LogP contribution in [0.2, 0.25) is 5.02 Å². The third kappa shape index (κ3) is 3.16. The van der Waals surface area contributed by atoms with E-state index in [1.165, 1.54) is 30.6 Å². The van der Waals surface area contributed by atoms with Gasteiger partial charge in [-0.2, -0.15) is 5.10 Å². The molecule has 1 N–H and O–H groups in total. The molecular formula is C16H13ClFN5O2. The van der Waals surface area contributed by atoms with Gasteiger partial charge >= 0.3 is 0 Å². The van der Waals surface area contributed by atoms with Crippen LogP contribution >= 0.6 is 11.6 Å². The number of halogens is 2. The van der Waals surface area contributed by atoms with E-state index in [9.17, 15) is 14.5 Å². The molecule has 0 aliphatic rings. The Balaban J connectivity index is 2.14. The molecule has 2 heterocycles. The van der Waals surface area contributed by atoms with Crippen molar-refractivity contribution in [2.45, 2.75) is 6.92 Å². The Labute approximate surface area is 147 Å². The molecule has 0 amide bonds. The van der Waals surface area contributed by atoms with E-state index < -0.39 is 10.7 Å². The van der Waals surface area contributed by atoms with Crippen LogP contribution in [0.1, 0.15) is 5.69 Å². The lowest BCUT2D eigenvalue weighted by atomic mass is 10.1. The number of nitrogens with zero attached hydrogens (tertiary/aromatic N) is 4. The van der Waals surface area contributed by atoms with Gasteiger partial charge in [0.05, 0.1) is 21.8 Å². The number of anilines is 2. The lowest BCUT2D eigenvalue weighted by Gasteiger charge is -2.11. The van der Waals surface area contributed by atoms with Gasteiger partial charge in [0.2, 0.25) is 0 Å². The van der Waals surface area contributed by atoms with Crippen molar-refractivity contribution in [2.75, 3.05) is 5.32 Å². The van der Waals surface area contributed by atoms with Crippen LogP contribution in [-0.2, 0) is 7.05 Å². The molecule has 0 unspecified atom stereocenters. The van der Waals surface area contributed by atoms with E-state index in [1.54, 1.807) is 24.7 Å². The highest BCUT2D eigenvalue weighted by Gasteiger charge is 2.21. The number of nitrogens with one attached hydrogen (secondary N) is 1. The molecule has 0 spiro atoms. The number of benzene rings is 1. The van der Waals surface area contributed by atoms with Crippen LogP contribution in [0.15, 0.2) is 36.7 Å². The van der Waals surface area contributed by atoms with E-state index in [4.69, 9.17) is 11.6 Å². The zero-order valence-electron chi connectivity index (χ0n) is 13.3. The molecule has 0 saturated carbocycles. The smallest absolute Gasteiger partial charge is 0.295 e. The summed E-state index contributed by atoms with van der Waals surface area (Å²) in [5, 5.41) is 18.8. The molecule has 0 atom stereocenters. The summed E-state index contributed by atoms with van der Waals surface area (Å²) in [7, 11) is 1.69. The van der Waals surface area contributed by atoms with Crippen LogP contribution < -0.4 is 5.32 Å². The predicted molar refractivity (Wildman–Crippen MR) is 92.5 cm³/mol. The molecule has 9 heteroatoms. The molecule has 25 heavy (non-hydrogen) atoms. The second-order valence-corrected chi connectivity index (χ2v) is 5.74. The summed E-state index contributed by atoms with van der Waals surface area (Å²) in [4.78, 5) is 14.6. The first-order valence-corrected chi connectivity index (χ1v) is 7.60. The van der Waals surface area contributed by atoms with Crippen molar-refractivity contribution in [1.82, 2.24) is 14.8 Å². The van der Waals surface area contributed by atoms with Gasteiger partial charge in [-0.05, 0) is 25.1 Å². The number of rotatable bonds is 4. The van der Waals surface area contributed by atoms with Gasteiger partial charge in [-0.1, -0.05) is 11.6 Å². The molecular weight excluding hydrogens is 349 g/mol. The van der Waals surface area contributed by atoms with Crippen molar-refractivity contribution in [2.24, 2.45) is 7.05 Å². The second kappa shape index (κ2) is 6.48. The third-order valence-corrected chi connectivity index (χ3v) is 3.98. The largest absolute Gasteiger partial charge is 0.333 e. The minimum Gasteiger partial charge on any atom is -0.333 e. The highest BCUT2D eigenvalue weighted by atomic mass is 35.5. The summed E-state index contributed by atoms with van der Waals surface area (Å²) in [5.41, 5.74) is 1.94. The number of pyridine rings is 1. The first-order valence-electron chi connectivity index (χ1n) is 7.23. The van der Waals surface area contributed by atoms with Crippen LogP contribution in [0.4, 0.5) is 21.6 Å². The number of hydrogen-bond donors (Lipinski definition) is 1. The first kappa shape index (κ1) is 16.8. The minimum absolute atomic E-state index is 0.120. The van der Waals surface area contributed by atoms with Gasteiger partial charge in [0.15, 0.2) is 0 Å². The number of aromatic nitrogens is 3. The quantitative estimate of drug-likeness (QED) is 0.555. The molecule has 0 fully saturated rings. The van der Waals surface area contributed by atoms with Gasteiger partial charge in [-0.3, -0.25) is 19.8 Å². The third-order valence-electron chi connectivity index (χ3n) is 3.67. The van der Waals surface area contributed by atoms with Crippen LogP contribution in [-0.4, -0.2) is 19.7 Å². The molecule has 3 rings (SSSR count). The van der Waals surface area contributed by atoms with Crippen molar-refractivity contribution in [3.8, 4) is 11.1 Å². The minimum atomic E-state index is -0.502. The fourth-order valence-electron chi connectivity index (χ4n) is 2.59. The lowest BCUT2D eigenvalue weighted by molar-refractivity contribution is -0.384. The van der Waals surface area contributed by atoms with E-state index in [2.05, 4.69) is 15.4 Å². The fourth-order valence-corrected chi connectivity index (χ4v) is 2.85. The maximum Gasteiger partial charge on any atom is 0.295 e. The van der Waals surface area contributed by atoms with E-state index >= 15 is 0 Å². The highest BCUT2D eigenvalue weighted by molar-refractivity contribution is 6.33.